The molecule has 0 aliphatic rings. The molecule has 0 spiro atoms. The van der Waals surface area contributed by atoms with Gasteiger partial charge in [0.1, 0.15) is 11.6 Å². The predicted molar refractivity (Wildman–Crippen MR) is 110 cm³/mol. The van der Waals surface area contributed by atoms with Crippen molar-refractivity contribution in [3.8, 4) is 5.75 Å². The number of nitrogens with zero attached hydrogens (tertiary/aromatic N) is 3. The van der Waals surface area contributed by atoms with Crippen molar-refractivity contribution in [3.05, 3.63) is 47.2 Å². The largest absolute Gasteiger partial charge is 0.478 e. The van der Waals surface area contributed by atoms with Crippen LogP contribution < -0.4 is 13.4 Å². The summed E-state index contributed by atoms with van der Waals surface area (Å²) in [5, 5.41) is 18.3. The third kappa shape index (κ3) is 5.23. The number of carboxylic acids is 2. The third-order valence-corrected chi connectivity index (χ3v) is 5.24. The van der Waals surface area contributed by atoms with Crippen LogP contribution in [0.1, 0.15) is 40.3 Å². The van der Waals surface area contributed by atoms with E-state index >= 15 is 0 Å². The van der Waals surface area contributed by atoms with Crippen LogP contribution in [0.25, 0.3) is 0 Å². The SMILES string of the molecule is CCN(CC)c1ccc(N(C)S(=O)Oc2cc(C(=O)O)cc(C(=O)O)c2)c(C)n1. The minimum atomic E-state index is -2.05. The monoisotopic (exact) mass is 421 g/mol. The second-order valence-electron chi connectivity index (χ2n) is 6.10. The van der Waals surface area contributed by atoms with E-state index in [-0.39, 0.29) is 16.9 Å². The maximum atomic E-state index is 12.6. The first-order valence-electron chi connectivity index (χ1n) is 8.86. The van der Waals surface area contributed by atoms with E-state index in [1.807, 2.05) is 19.9 Å². The predicted octanol–water partition coefficient (Wildman–Crippen LogP) is 2.73. The Bertz CT molecular complexity index is 913. The number of aromatic carboxylic acids is 2. The van der Waals surface area contributed by atoms with E-state index in [4.69, 9.17) is 14.4 Å². The van der Waals surface area contributed by atoms with E-state index in [9.17, 15) is 13.8 Å². The molecule has 0 aliphatic carbocycles. The van der Waals surface area contributed by atoms with Crippen LogP contribution in [0.5, 0.6) is 5.75 Å². The first-order valence-corrected chi connectivity index (χ1v) is 9.89. The van der Waals surface area contributed by atoms with Crippen molar-refractivity contribution < 1.29 is 28.2 Å². The standard InChI is InChI=1S/C19H23N3O6S/c1-5-22(6-2)17-8-7-16(12(3)20-17)21(4)29(27)28-15-10-13(18(23)24)9-14(11-15)19(25)26/h7-11H,5-6H2,1-4H3,(H,23,24)(H,25,26). The van der Waals surface area contributed by atoms with Crippen LogP contribution in [0.2, 0.25) is 0 Å². The van der Waals surface area contributed by atoms with Gasteiger partial charge in [-0.2, -0.15) is 4.21 Å². The van der Waals surface area contributed by atoms with Crippen LogP contribution >= 0.6 is 0 Å². The van der Waals surface area contributed by atoms with E-state index in [0.29, 0.717) is 11.4 Å². The zero-order valence-corrected chi connectivity index (χ0v) is 17.4. The minimum absolute atomic E-state index is 0.127. The van der Waals surface area contributed by atoms with Crippen molar-refractivity contribution in [3.63, 3.8) is 0 Å². The molecule has 0 fully saturated rings. The third-order valence-electron chi connectivity index (χ3n) is 4.26. The number of benzene rings is 1. The van der Waals surface area contributed by atoms with Crippen LogP contribution in [0.4, 0.5) is 11.5 Å². The second-order valence-corrected chi connectivity index (χ2v) is 7.25. The molecule has 1 aromatic heterocycles. The van der Waals surface area contributed by atoms with Crippen LogP contribution in [0.15, 0.2) is 30.3 Å². The number of aromatic nitrogens is 1. The quantitative estimate of drug-likeness (QED) is 0.634. The van der Waals surface area contributed by atoms with Crippen molar-refractivity contribution in [2.45, 2.75) is 20.8 Å². The zero-order valence-electron chi connectivity index (χ0n) is 16.6. The average molecular weight is 421 g/mol. The Morgan fingerprint density at radius 3 is 2.07 bits per heavy atom. The molecule has 9 nitrogen and oxygen atoms in total. The number of hydrogen-bond acceptors (Lipinski definition) is 6. The highest BCUT2D eigenvalue weighted by atomic mass is 32.2. The fourth-order valence-electron chi connectivity index (χ4n) is 2.71. The molecule has 29 heavy (non-hydrogen) atoms. The van der Waals surface area contributed by atoms with Gasteiger partial charge in [0.15, 0.2) is 0 Å². The van der Waals surface area contributed by atoms with Crippen molar-refractivity contribution >= 4 is 34.7 Å². The fourth-order valence-corrected chi connectivity index (χ4v) is 3.44. The summed E-state index contributed by atoms with van der Waals surface area (Å²) < 4.78 is 19.3. The van der Waals surface area contributed by atoms with Crippen LogP contribution in [-0.2, 0) is 11.3 Å². The normalized spacial score (nSPS) is 11.6. The highest BCUT2D eigenvalue weighted by molar-refractivity contribution is 7.82. The molecule has 1 aromatic carbocycles. The smallest absolute Gasteiger partial charge is 0.335 e. The van der Waals surface area contributed by atoms with Crippen LogP contribution in [0.3, 0.4) is 0 Å². The number of carbonyl (C=O) groups is 2. The van der Waals surface area contributed by atoms with Gasteiger partial charge in [-0.25, -0.2) is 14.6 Å². The Balaban J connectivity index is 2.27. The van der Waals surface area contributed by atoms with E-state index in [1.165, 1.54) is 11.4 Å². The molecule has 1 atom stereocenters. The number of pyridine rings is 1. The Kier molecular flexibility index (Phi) is 7.16. The van der Waals surface area contributed by atoms with Gasteiger partial charge in [-0.05, 0) is 51.1 Å². The number of rotatable bonds is 9. The molecule has 0 saturated heterocycles. The molecule has 1 heterocycles. The highest BCUT2D eigenvalue weighted by Gasteiger charge is 2.18. The lowest BCUT2D eigenvalue weighted by molar-refractivity contribution is 0.0696. The Morgan fingerprint density at radius 1 is 1.07 bits per heavy atom. The molecule has 0 amide bonds. The highest BCUT2D eigenvalue weighted by Crippen LogP contribution is 2.25. The summed E-state index contributed by atoms with van der Waals surface area (Å²) in [5.74, 6) is -1.96. The molecule has 0 aliphatic heterocycles. The lowest BCUT2D eigenvalue weighted by atomic mass is 10.1. The van der Waals surface area contributed by atoms with Gasteiger partial charge in [0.2, 0.25) is 0 Å². The van der Waals surface area contributed by atoms with Crippen molar-refractivity contribution in [2.24, 2.45) is 0 Å². The average Bonchev–Trinajstić information content (AvgIpc) is 2.68. The molecule has 0 saturated carbocycles. The molecular weight excluding hydrogens is 398 g/mol. The van der Waals surface area contributed by atoms with E-state index < -0.39 is 23.2 Å². The Morgan fingerprint density at radius 2 is 1.62 bits per heavy atom. The van der Waals surface area contributed by atoms with Gasteiger partial charge >= 0.3 is 23.2 Å². The van der Waals surface area contributed by atoms with E-state index in [2.05, 4.69) is 9.88 Å². The van der Waals surface area contributed by atoms with Crippen molar-refractivity contribution in [2.75, 3.05) is 29.3 Å². The Labute approximate surface area is 171 Å². The van der Waals surface area contributed by atoms with E-state index in [0.717, 1.165) is 37.1 Å². The fraction of sp³-hybridized carbons (Fsp3) is 0.316. The summed E-state index contributed by atoms with van der Waals surface area (Å²) in [6.07, 6.45) is 0. The first-order chi connectivity index (χ1) is 13.7. The topological polar surface area (TPSA) is 120 Å². The summed E-state index contributed by atoms with van der Waals surface area (Å²) in [6, 6.07) is 6.83. The lowest BCUT2D eigenvalue weighted by Gasteiger charge is -2.23. The van der Waals surface area contributed by atoms with Crippen molar-refractivity contribution in [1.29, 1.82) is 0 Å². The summed E-state index contributed by atoms with van der Waals surface area (Å²) in [5.41, 5.74) is 0.647. The summed E-state index contributed by atoms with van der Waals surface area (Å²) in [4.78, 5) is 29.0. The summed E-state index contributed by atoms with van der Waals surface area (Å²) in [7, 11) is 1.54. The number of anilines is 2. The summed E-state index contributed by atoms with van der Waals surface area (Å²) >= 11 is -2.05. The van der Waals surface area contributed by atoms with Crippen molar-refractivity contribution in [1.82, 2.24) is 4.98 Å². The number of carboxylic acid groups (broad SMARTS) is 2. The van der Waals surface area contributed by atoms with Crippen LogP contribution in [-0.4, -0.2) is 51.5 Å². The Hall–Kier alpha value is -3.14. The maximum absolute atomic E-state index is 12.6. The van der Waals surface area contributed by atoms with Gasteiger partial charge in [0, 0.05) is 20.1 Å². The molecule has 2 N–H and O–H groups in total. The maximum Gasteiger partial charge on any atom is 0.335 e. The van der Waals surface area contributed by atoms with Gasteiger partial charge in [-0.3, -0.25) is 4.31 Å². The van der Waals surface area contributed by atoms with Gasteiger partial charge in [-0.1, -0.05) is 0 Å². The number of aryl methyl sites for hydroxylation is 1. The minimum Gasteiger partial charge on any atom is -0.478 e. The molecule has 0 bridgehead atoms. The first kappa shape index (κ1) is 22.2. The molecular formula is C19H23N3O6S. The molecule has 2 rings (SSSR count). The lowest BCUT2D eigenvalue weighted by Crippen LogP contribution is -2.27. The zero-order chi connectivity index (χ0) is 21.7. The van der Waals surface area contributed by atoms with Gasteiger partial charge in [-0.15, -0.1) is 0 Å². The molecule has 2 aromatic rings. The van der Waals surface area contributed by atoms with Crippen LogP contribution in [0, 0.1) is 6.92 Å². The van der Waals surface area contributed by atoms with Gasteiger partial charge in [0.05, 0.1) is 22.5 Å². The van der Waals surface area contributed by atoms with Gasteiger partial charge < -0.3 is 19.3 Å². The molecule has 1 unspecified atom stereocenters. The molecule has 156 valence electrons. The second kappa shape index (κ2) is 9.37. The molecule has 0 radical (unpaired) electrons. The van der Waals surface area contributed by atoms with E-state index in [1.54, 1.807) is 13.0 Å². The van der Waals surface area contributed by atoms with Gasteiger partial charge in [0.25, 0.3) is 0 Å². The molecule has 10 heteroatoms. The summed E-state index contributed by atoms with van der Waals surface area (Å²) in [6.45, 7) is 7.45. The number of hydrogen-bond donors (Lipinski definition) is 2.